The summed E-state index contributed by atoms with van der Waals surface area (Å²) < 4.78 is 5.34. The first kappa shape index (κ1) is 8.86. The normalized spacial score (nSPS) is 23.5. The molecule has 1 aliphatic rings. The maximum atomic E-state index is 5.63. The van der Waals surface area contributed by atoms with Crippen LogP contribution >= 0.6 is 11.3 Å². The first-order chi connectivity index (χ1) is 6.42. The van der Waals surface area contributed by atoms with Crippen molar-refractivity contribution in [2.75, 3.05) is 31.2 Å². The molecule has 0 bridgehead atoms. The van der Waals surface area contributed by atoms with Crippen molar-refractivity contribution < 1.29 is 4.74 Å². The predicted octanol–water partition coefficient (Wildman–Crippen LogP) is -0.298. The van der Waals surface area contributed by atoms with Crippen molar-refractivity contribution in [3.05, 3.63) is 5.51 Å². The van der Waals surface area contributed by atoms with Crippen molar-refractivity contribution in [2.45, 2.75) is 6.04 Å². The molecular weight excluding hydrogens is 188 g/mol. The van der Waals surface area contributed by atoms with Gasteiger partial charge in [-0.3, -0.25) is 0 Å². The molecule has 0 aromatic carbocycles. The fraction of sp³-hybridized carbons (Fsp3) is 0.714. The number of nitrogens with zero attached hydrogens (tertiary/aromatic N) is 3. The smallest absolute Gasteiger partial charge is 0.208 e. The third kappa shape index (κ3) is 1.79. The molecule has 0 radical (unpaired) electrons. The van der Waals surface area contributed by atoms with Gasteiger partial charge in [-0.05, 0) is 0 Å². The lowest BCUT2D eigenvalue weighted by molar-refractivity contribution is 0.0962. The van der Waals surface area contributed by atoms with Gasteiger partial charge in [-0.15, -0.1) is 10.2 Å². The lowest BCUT2D eigenvalue weighted by Crippen LogP contribution is -2.49. The van der Waals surface area contributed by atoms with Crippen LogP contribution in [-0.2, 0) is 4.74 Å². The van der Waals surface area contributed by atoms with E-state index in [1.165, 1.54) is 0 Å². The maximum absolute atomic E-state index is 5.63. The second-order valence-corrected chi connectivity index (χ2v) is 3.69. The van der Waals surface area contributed by atoms with Crippen LogP contribution in [0.4, 0.5) is 5.13 Å². The van der Waals surface area contributed by atoms with E-state index in [2.05, 4.69) is 15.1 Å². The van der Waals surface area contributed by atoms with Crippen LogP contribution in [0.25, 0.3) is 0 Å². The number of hydrogen-bond donors (Lipinski definition) is 1. The van der Waals surface area contributed by atoms with Crippen molar-refractivity contribution >= 4 is 16.5 Å². The molecule has 1 aliphatic heterocycles. The number of aromatic nitrogens is 2. The fourth-order valence-electron chi connectivity index (χ4n) is 1.39. The molecule has 72 valence electrons. The summed E-state index contributed by atoms with van der Waals surface area (Å²) in [6, 6.07) is 0.252. The van der Waals surface area contributed by atoms with Crippen LogP contribution in [0, 0.1) is 0 Å². The lowest BCUT2D eigenvalue weighted by Gasteiger charge is -2.34. The molecule has 0 amide bonds. The molecule has 2 N–H and O–H groups in total. The Balaban J connectivity index is 2.11. The Morgan fingerprint density at radius 3 is 3.38 bits per heavy atom. The van der Waals surface area contributed by atoms with Crippen LogP contribution < -0.4 is 10.6 Å². The average Bonchev–Trinajstić information content (AvgIpc) is 2.70. The molecule has 1 unspecified atom stereocenters. The van der Waals surface area contributed by atoms with E-state index in [1.807, 2.05) is 0 Å². The number of nitrogens with two attached hydrogens (primary N) is 1. The maximum Gasteiger partial charge on any atom is 0.208 e. The number of ether oxygens (including phenoxy) is 1. The van der Waals surface area contributed by atoms with E-state index < -0.39 is 0 Å². The summed E-state index contributed by atoms with van der Waals surface area (Å²) in [5.74, 6) is 0. The monoisotopic (exact) mass is 200 g/mol. The molecule has 5 nitrogen and oxygen atoms in total. The summed E-state index contributed by atoms with van der Waals surface area (Å²) in [4.78, 5) is 2.17. The number of hydrogen-bond acceptors (Lipinski definition) is 6. The van der Waals surface area contributed by atoms with Gasteiger partial charge in [-0.2, -0.15) is 0 Å². The highest BCUT2D eigenvalue weighted by molar-refractivity contribution is 7.13. The molecule has 0 saturated carbocycles. The zero-order valence-electron chi connectivity index (χ0n) is 7.22. The average molecular weight is 200 g/mol. The third-order valence-corrected chi connectivity index (χ3v) is 2.82. The topological polar surface area (TPSA) is 64.3 Å². The predicted molar refractivity (Wildman–Crippen MR) is 50.9 cm³/mol. The Morgan fingerprint density at radius 1 is 1.77 bits per heavy atom. The highest BCUT2D eigenvalue weighted by atomic mass is 32.1. The molecular formula is C7H12N4OS. The molecule has 0 spiro atoms. The van der Waals surface area contributed by atoms with E-state index in [-0.39, 0.29) is 6.04 Å². The van der Waals surface area contributed by atoms with Gasteiger partial charge in [0.2, 0.25) is 5.13 Å². The van der Waals surface area contributed by atoms with Gasteiger partial charge in [0, 0.05) is 13.1 Å². The van der Waals surface area contributed by atoms with Crippen molar-refractivity contribution in [1.29, 1.82) is 0 Å². The minimum atomic E-state index is 0.252. The summed E-state index contributed by atoms with van der Waals surface area (Å²) in [5.41, 5.74) is 7.37. The number of anilines is 1. The van der Waals surface area contributed by atoms with Crippen molar-refractivity contribution in [1.82, 2.24) is 10.2 Å². The fourth-order valence-corrected chi connectivity index (χ4v) is 2.05. The lowest BCUT2D eigenvalue weighted by atomic mass is 10.2. The van der Waals surface area contributed by atoms with Crippen LogP contribution in [0.3, 0.4) is 0 Å². The second-order valence-electron chi connectivity index (χ2n) is 2.88. The summed E-state index contributed by atoms with van der Waals surface area (Å²) >= 11 is 1.54. The van der Waals surface area contributed by atoms with Gasteiger partial charge < -0.3 is 15.4 Å². The molecule has 6 heteroatoms. The zero-order valence-corrected chi connectivity index (χ0v) is 8.04. The SMILES string of the molecule is NCC1COCCN1c1nncs1. The van der Waals surface area contributed by atoms with Crippen LogP contribution in [0.15, 0.2) is 5.51 Å². The highest BCUT2D eigenvalue weighted by Gasteiger charge is 2.23. The third-order valence-electron chi connectivity index (χ3n) is 2.09. The Bertz CT molecular complexity index is 253. The summed E-state index contributed by atoms with van der Waals surface area (Å²) in [5, 5.41) is 8.78. The van der Waals surface area contributed by atoms with E-state index in [4.69, 9.17) is 10.5 Å². The Kier molecular flexibility index (Phi) is 2.72. The van der Waals surface area contributed by atoms with Gasteiger partial charge in [0.25, 0.3) is 0 Å². The van der Waals surface area contributed by atoms with Crippen molar-refractivity contribution in [2.24, 2.45) is 5.73 Å². The second kappa shape index (κ2) is 3.99. The van der Waals surface area contributed by atoms with Crippen LogP contribution in [0.2, 0.25) is 0 Å². The molecule has 13 heavy (non-hydrogen) atoms. The van der Waals surface area contributed by atoms with Crippen LogP contribution in [-0.4, -0.2) is 42.5 Å². The first-order valence-electron chi connectivity index (χ1n) is 4.22. The molecule has 1 atom stereocenters. The van der Waals surface area contributed by atoms with E-state index in [9.17, 15) is 0 Å². The first-order valence-corrected chi connectivity index (χ1v) is 5.10. The highest BCUT2D eigenvalue weighted by Crippen LogP contribution is 2.20. The van der Waals surface area contributed by atoms with Gasteiger partial charge in [-0.1, -0.05) is 11.3 Å². The van der Waals surface area contributed by atoms with Gasteiger partial charge in [0.1, 0.15) is 5.51 Å². The van der Waals surface area contributed by atoms with Crippen LogP contribution in [0.5, 0.6) is 0 Å². The van der Waals surface area contributed by atoms with Crippen molar-refractivity contribution in [3.8, 4) is 0 Å². The number of rotatable bonds is 2. The summed E-state index contributed by atoms with van der Waals surface area (Å²) in [7, 11) is 0. The summed E-state index contributed by atoms with van der Waals surface area (Å²) in [6.07, 6.45) is 0. The van der Waals surface area contributed by atoms with Gasteiger partial charge in [0.15, 0.2) is 0 Å². The zero-order chi connectivity index (χ0) is 9.10. The molecule has 0 aliphatic carbocycles. The molecule has 2 heterocycles. The molecule has 1 aromatic rings. The molecule has 1 fully saturated rings. The molecule has 2 rings (SSSR count). The quantitative estimate of drug-likeness (QED) is 0.710. The van der Waals surface area contributed by atoms with E-state index in [0.29, 0.717) is 13.2 Å². The standard InChI is InChI=1S/C7H12N4OS/c8-3-6-4-12-2-1-11(6)7-10-9-5-13-7/h5-6H,1-4,8H2. The molecule has 1 aromatic heterocycles. The Hall–Kier alpha value is -0.720. The van der Waals surface area contributed by atoms with E-state index in [1.54, 1.807) is 16.8 Å². The van der Waals surface area contributed by atoms with Gasteiger partial charge in [0.05, 0.1) is 19.3 Å². The number of morpholine rings is 1. The Morgan fingerprint density at radius 2 is 2.69 bits per heavy atom. The van der Waals surface area contributed by atoms with Gasteiger partial charge in [-0.25, -0.2) is 0 Å². The molecule has 1 saturated heterocycles. The Labute approximate surface area is 80.5 Å². The van der Waals surface area contributed by atoms with E-state index in [0.717, 1.165) is 18.3 Å². The van der Waals surface area contributed by atoms with E-state index >= 15 is 0 Å². The van der Waals surface area contributed by atoms with Gasteiger partial charge >= 0.3 is 0 Å². The largest absolute Gasteiger partial charge is 0.377 e. The minimum Gasteiger partial charge on any atom is -0.377 e. The van der Waals surface area contributed by atoms with Crippen LogP contribution in [0.1, 0.15) is 0 Å². The van der Waals surface area contributed by atoms with Crippen molar-refractivity contribution in [3.63, 3.8) is 0 Å². The minimum absolute atomic E-state index is 0.252. The summed E-state index contributed by atoms with van der Waals surface area (Å²) in [6.45, 7) is 2.89.